The minimum Gasteiger partial charge on any atom is -0.494 e. The molecule has 0 radical (unpaired) electrons. The standard InChI is InChI=1S/C25H33NO4S/c1-4-5-14-30-24-8-6-7-22(16-24)25(27)26(23-13-15-31(28,29)18-23)17-20-9-11-21(12-10-20)19(2)3/h6-12,16,19,23H,4-5,13-15,17-18H2,1-3H3/t23-/m0/s1. The maximum absolute atomic E-state index is 13.5. The van der Waals surface area contributed by atoms with Crippen LogP contribution in [0.1, 0.15) is 67.4 Å². The molecule has 168 valence electrons. The molecule has 0 N–H and O–H groups in total. The van der Waals surface area contributed by atoms with Gasteiger partial charge >= 0.3 is 0 Å². The molecule has 0 aromatic heterocycles. The Hall–Kier alpha value is -2.34. The van der Waals surface area contributed by atoms with E-state index in [4.69, 9.17) is 4.74 Å². The summed E-state index contributed by atoms with van der Waals surface area (Å²) in [6.07, 6.45) is 2.47. The van der Waals surface area contributed by atoms with E-state index in [1.165, 1.54) is 5.56 Å². The van der Waals surface area contributed by atoms with Crippen molar-refractivity contribution in [2.75, 3.05) is 18.1 Å². The maximum Gasteiger partial charge on any atom is 0.254 e. The summed E-state index contributed by atoms with van der Waals surface area (Å²) in [5.74, 6) is 1.10. The molecular weight excluding hydrogens is 410 g/mol. The molecule has 0 bridgehead atoms. The van der Waals surface area contributed by atoms with Crippen molar-refractivity contribution in [2.24, 2.45) is 0 Å². The highest BCUT2D eigenvalue weighted by Gasteiger charge is 2.35. The topological polar surface area (TPSA) is 63.7 Å². The van der Waals surface area contributed by atoms with Gasteiger partial charge in [-0.05, 0) is 48.1 Å². The van der Waals surface area contributed by atoms with Gasteiger partial charge in [-0.2, -0.15) is 0 Å². The van der Waals surface area contributed by atoms with Crippen LogP contribution in [0.5, 0.6) is 5.75 Å². The lowest BCUT2D eigenvalue weighted by atomic mass is 10.0. The van der Waals surface area contributed by atoms with Gasteiger partial charge in [-0.3, -0.25) is 4.79 Å². The number of nitrogens with zero attached hydrogens (tertiary/aromatic N) is 1. The van der Waals surface area contributed by atoms with Crippen molar-refractivity contribution < 1.29 is 17.9 Å². The third-order valence-corrected chi connectivity index (χ3v) is 7.51. The van der Waals surface area contributed by atoms with Crippen LogP contribution in [0.15, 0.2) is 48.5 Å². The lowest BCUT2D eigenvalue weighted by molar-refractivity contribution is 0.0680. The molecule has 0 unspecified atom stereocenters. The molecule has 1 saturated heterocycles. The molecule has 6 heteroatoms. The number of unbranched alkanes of at least 4 members (excludes halogenated alkanes) is 1. The van der Waals surface area contributed by atoms with Gasteiger partial charge in [0.25, 0.3) is 5.91 Å². The highest BCUT2D eigenvalue weighted by molar-refractivity contribution is 7.91. The van der Waals surface area contributed by atoms with Crippen LogP contribution in [-0.4, -0.2) is 43.4 Å². The Morgan fingerprint density at radius 2 is 1.90 bits per heavy atom. The number of carbonyl (C=O) groups excluding carboxylic acids is 1. The van der Waals surface area contributed by atoms with Crippen LogP contribution in [0, 0.1) is 0 Å². The minimum atomic E-state index is -3.11. The zero-order valence-corrected chi connectivity index (χ0v) is 19.5. The summed E-state index contributed by atoms with van der Waals surface area (Å²) in [6.45, 7) is 7.39. The fourth-order valence-corrected chi connectivity index (χ4v) is 5.54. The number of sulfone groups is 1. The van der Waals surface area contributed by atoms with Gasteiger partial charge in [0.15, 0.2) is 9.84 Å². The van der Waals surface area contributed by atoms with Gasteiger partial charge in [0, 0.05) is 18.2 Å². The van der Waals surface area contributed by atoms with Crippen molar-refractivity contribution in [3.63, 3.8) is 0 Å². The van der Waals surface area contributed by atoms with Crippen molar-refractivity contribution in [1.82, 2.24) is 4.90 Å². The fourth-order valence-electron chi connectivity index (χ4n) is 3.81. The van der Waals surface area contributed by atoms with Crippen LogP contribution < -0.4 is 4.74 Å². The minimum absolute atomic E-state index is 0.0233. The zero-order valence-electron chi connectivity index (χ0n) is 18.7. The average Bonchev–Trinajstić information content (AvgIpc) is 3.11. The largest absolute Gasteiger partial charge is 0.494 e. The van der Waals surface area contributed by atoms with Gasteiger partial charge in [0.2, 0.25) is 0 Å². The van der Waals surface area contributed by atoms with Gasteiger partial charge < -0.3 is 9.64 Å². The summed E-state index contributed by atoms with van der Waals surface area (Å²) < 4.78 is 30.0. The fraction of sp³-hybridized carbons (Fsp3) is 0.480. The predicted molar refractivity (Wildman–Crippen MR) is 124 cm³/mol. The van der Waals surface area contributed by atoms with Crippen molar-refractivity contribution in [1.29, 1.82) is 0 Å². The van der Waals surface area contributed by atoms with E-state index in [1.807, 2.05) is 24.3 Å². The lowest BCUT2D eigenvalue weighted by Gasteiger charge is -2.29. The molecule has 5 nitrogen and oxygen atoms in total. The number of hydrogen-bond acceptors (Lipinski definition) is 4. The first kappa shape index (κ1) is 23.3. The van der Waals surface area contributed by atoms with Crippen molar-refractivity contribution in [3.05, 3.63) is 65.2 Å². The average molecular weight is 444 g/mol. The summed E-state index contributed by atoms with van der Waals surface area (Å²) in [6, 6.07) is 15.1. The summed E-state index contributed by atoms with van der Waals surface area (Å²) in [5, 5.41) is 0. The van der Waals surface area contributed by atoms with Gasteiger partial charge in [-0.15, -0.1) is 0 Å². The molecule has 1 amide bonds. The number of benzene rings is 2. The van der Waals surface area contributed by atoms with Gasteiger partial charge in [0.05, 0.1) is 18.1 Å². The van der Waals surface area contributed by atoms with E-state index in [1.54, 1.807) is 17.0 Å². The summed E-state index contributed by atoms with van der Waals surface area (Å²) in [4.78, 5) is 15.2. The molecule has 1 aliphatic rings. The lowest BCUT2D eigenvalue weighted by Crippen LogP contribution is -2.40. The Balaban J connectivity index is 1.84. The van der Waals surface area contributed by atoms with Gasteiger partial charge in [-0.25, -0.2) is 8.42 Å². The Morgan fingerprint density at radius 3 is 2.52 bits per heavy atom. The quantitative estimate of drug-likeness (QED) is 0.521. The number of rotatable bonds is 9. The molecule has 1 atom stereocenters. The normalized spacial score (nSPS) is 17.6. The highest BCUT2D eigenvalue weighted by Crippen LogP contribution is 2.25. The molecule has 1 fully saturated rings. The van der Waals surface area contributed by atoms with E-state index in [2.05, 4.69) is 32.9 Å². The summed E-state index contributed by atoms with van der Waals surface area (Å²) >= 11 is 0. The van der Waals surface area contributed by atoms with E-state index in [9.17, 15) is 13.2 Å². The Morgan fingerprint density at radius 1 is 1.16 bits per heavy atom. The molecule has 0 aliphatic carbocycles. The second-order valence-electron chi connectivity index (χ2n) is 8.62. The van der Waals surface area contributed by atoms with E-state index in [-0.39, 0.29) is 23.5 Å². The third kappa shape index (κ3) is 6.33. The first-order valence-corrected chi connectivity index (χ1v) is 12.9. The third-order valence-electron chi connectivity index (χ3n) is 5.76. The smallest absolute Gasteiger partial charge is 0.254 e. The molecule has 2 aromatic rings. The summed E-state index contributed by atoms with van der Waals surface area (Å²) in [7, 11) is -3.11. The van der Waals surface area contributed by atoms with Crippen molar-refractivity contribution in [2.45, 2.75) is 58.5 Å². The van der Waals surface area contributed by atoms with E-state index < -0.39 is 9.84 Å². The zero-order chi connectivity index (χ0) is 22.4. The van der Waals surface area contributed by atoms with Crippen LogP contribution in [0.2, 0.25) is 0 Å². The SMILES string of the molecule is CCCCOc1cccc(C(=O)N(Cc2ccc(C(C)C)cc2)[C@H]2CCS(=O)(=O)C2)c1. The Bertz CT molecular complexity index is 983. The van der Waals surface area contributed by atoms with E-state index >= 15 is 0 Å². The van der Waals surface area contributed by atoms with Crippen LogP contribution in [0.4, 0.5) is 0 Å². The molecule has 31 heavy (non-hydrogen) atoms. The van der Waals surface area contributed by atoms with E-state index in [0.717, 1.165) is 18.4 Å². The first-order chi connectivity index (χ1) is 14.8. The second-order valence-corrected chi connectivity index (χ2v) is 10.8. The molecule has 1 aliphatic heterocycles. The molecule has 1 heterocycles. The second kappa shape index (κ2) is 10.3. The monoisotopic (exact) mass is 443 g/mol. The van der Waals surface area contributed by atoms with Crippen molar-refractivity contribution >= 4 is 15.7 Å². The van der Waals surface area contributed by atoms with E-state index in [0.29, 0.717) is 36.8 Å². The molecular formula is C25H33NO4S. The van der Waals surface area contributed by atoms with Gasteiger partial charge in [-0.1, -0.05) is 57.5 Å². The van der Waals surface area contributed by atoms with Crippen LogP contribution in [-0.2, 0) is 16.4 Å². The molecule has 0 spiro atoms. The van der Waals surface area contributed by atoms with Crippen LogP contribution in [0.3, 0.4) is 0 Å². The number of hydrogen-bond donors (Lipinski definition) is 0. The highest BCUT2D eigenvalue weighted by atomic mass is 32.2. The number of ether oxygens (including phenoxy) is 1. The Kier molecular flexibility index (Phi) is 7.76. The van der Waals surface area contributed by atoms with Crippen LogP contribution >= 0.6 is 0 Å². The molecule has 0 saturated carbocycles. The van der Waals surface area contributed by atoms with Gasteiger partial charge in [0.1, 0.15) is 5.75 Å². The molecule has 3 rings (SSSR count). The predicted octanol–water partition coefficient (Wildman–Crippen LogP) is 4.82. The maximum atomic E-state index is 13.5. The Labute approximate surface area is 186 Å². The van der Waals surface area contributed by atoms with Crippen molar-refractivity contribution in [3.8, 4) is 5.75 Å². The number of amides is 1. The first-order valence-electron chi connectivity index (χ1n) is 11.1. The summed E-state index contributed by atoms with van der Waals surface area (Å²) in [5.41, 5.74) is 2.76. The van der Waals surface area contributed by atoms with Crippen LogP contribution in [0.25, 0.3) is 0 Å². The molecule has 2 aromatic carbocycles. The number of carbonyl (C=O) groups is 1.